The quantitative estimate of drug-likeness (QED) is 0.300. The van der Waals surface area contributed by atoms with Gasteiger partial charge in [-0.25, -0.2) is 4.98 Å². The number of nitriles is 2. The molecule has 1 saturated carbocycles. The molecule has 3 heterocycles. The molecule has 34 heavy (non-hydrogen) atoms. The lowest BCUT2D eigenvalue weighted by Crippen LogP contribution is -2.35. The van der Waals surface area contributed by atoms with Gasteiger partial charge in [0.05, 0.1) is 60.8 Å². The topological polar surface area (TPSA) is 113 Å². The molecule has 0 spiro atoms. The molecular weight excluding hydrogens is 447 g/mol. The molecule has 2 aromatic heterocycles. The number of thioether (sulfide) groups is 1. The normalized spacial score (nSPS) is 15.7. The minimum absolute atomic E-state index is 0.0928. The van der Waals surface area contributed by atoms with Crippen LogP contribution in [0, 0.1) is 28.6 Å². The fourth-order valence-electron chi connectivity index (χ4n) is 3.23. The zero-order chi connectivity index (χ0) is 24.1. The van der Waals surface area contributed by atoms with E-state index in [1.807, 2.05) is 0 Å². The third-order valence-electron chi connectivity index (χ3n) is 5.17. The Bertz CT molecular complexity index is 1110. The van der Waals surface area contributed by atoms with Crippen molar-refractivity contribution in [2.24, 2.45) is 5.92 Å². The van der Waals surface area contributed by atoms with Gasteiger partial charge in [0, 0.05) is 23.3 Å². The molecule has 6 radical (unpaired) electrons. The van der Waals surface area contributed by atoms with E-state index in [0.29, 0.717) is 64.2 Å². The van der Waals surface area contributed by atoms with Crippen LogP contribution in [0.25, 0.3) is 11.3 Å². The van der Waals surface area contributed by atoms with Crippen molar-refractivity contribution < 1.29 is 14.2 Å². The van der Waals surface area contributed by atoms with E-state index >= 15 is 0 Å². The fraction of sp³-hybridized carbons (Fsp3) is 0.455. The average Bonchev–Trinajstić information content (AvgIpc) is 3.59. The van der Waals surface area contributed by atoms with Crippen LogP contribution in [-0.2, 0) is 9.47 Å². The summed E-state index contributed by atoms with van der Waals surface area (Å²) in [6.45, 7) is 1.68. The smallest absolute Gasteiger partial charge is 0.146 e. The zero-order valence-electron chi connectivity index (χ0n) is 18.5. The number of hydrogen-bond donors (Lipinski definition) is 1. The van der Waals surface area contributed by atoms with Crippen LogP contribution >= 0.6 is 11.8 Å². The van der Waals surface area contributed by atoms with Gasteiger partial charge in [0.15, 0.2) is 0 Å². The summed E-state index contributed by atoms with van der Waals surface area (Å²) in [5.74, 6) is 2.18. The van der Waals surface area contributed by atoms with Gasteiger partial charge < -0.3 is 19.5 Å². The van der Waals surface area contributed by atoms with Crippen LogP contribution in [0.5, 0.6) is 5.75 Å². The molecule has 166 valence electrons. The zero-order valence-corrected chi connectivity index (χ0v) is 19.3. The Kier molecular flexibility index (Phi) is 7.72. The van der Waals surface area contributed by atoms with Crippen molar-refractivity contribution in [1.82, 2.24) is 9.97 Å². The molecule has 12 heteroatoms. The van der Waals surface area contributed by atoms with Gasteiger partial charge in [-0.05, 0) is 30.3 Å². The summed E-state index contributed by atoms with van der Waals surface area (Å²) in [7, 11) is 16.1. The monoisotopic (exact) mass is 467 g/mol. The van der Waals surface area contributed by atoms with Crippen LogP contribution in [-0.4, -0.2) is 77.0 Å². The van der Waals surface area contributed by atoms with Crippen molar-refractivity contribution in [3.05, 3.63) is 29.5 Å². The number of ether oxygens (including phenoxy) is 3. The van der Waals surface area contributed by atoms with Crippen molar-refractivity contribution in [2.45, 2.75) is 29.2 Å². The summed E-state index contributed by atoms with van der Waals surface area (Å²) in [6, 6.07) is 8.18. The number of nitrogens with one attached hydrogen (secondary N) is 1. The van der Waals surface area contributed by atoms with Crippen LogP contribution in [0.15, 0.2) is 23.4 Å². The maximum absolute atomic E-state index is 10.0. The summed E-state index contributed by atoms with van der Waals surface area (Å²) >= 11 is 1.50. The maximum atomic E-state index is 10.0. The number of aromatic nitrogens is 2. The third-order valence-corrected chi connectivity index (χ3v) is 6.37. The second-order valence-corrected chi connectivity index (χ2v) is 9.19. The van der Waals surface area contributed by atoms with Crippen molar-refractivity contribution in [3.63, 3.8) is 0 Å². The average molecular weight is 467 g/mol. The van der Waals surface area contributed by atoms with E-state index in [0.717, 1.165) is 18.6 Å². The first-order chi connectivity index (χ1) is 16.4. The van der Waals surface area contributed by atoms with Gasteiger partial charge in [0.25, 0.3) is 0 Å². The molecule has 0 bridgehead atoms. The lowest BCUT2D eigenvalue weighted by Gasteiger charge is -2.25. The van der Waals surface area contributed by atoms with Crippen LogP contribution in [0.3, 0.4) is 0 Å². The Morgan fingerprint density at radius 2 is 1.91 bits per heavy atom. The summed E-state index contributed by atoms with van der Waals surface area (Å²) in [6.07, 6.45) is 3.57. The molecule has 2 aromatic rings. The highest BCUT2D eigenvalue weighted by Crippen LogP contribution is 2.38. The molecule has 0 aromatic carbocycles. The van der Waals surface area contributed by atoms with E-state index in [2.05, 4.69) is 27.4 Å². The first-order valence-electron chi connectivity index (χ1n) is 10.8. The Labute approximate surface area is 207 Å². The molecule has 0 unspecified atom stereocenters. The number of rotatable bonds is 11. The summed E-state index contributed by atoms with van der Waals surface area (Å²) in [5, 5.41) is 22.2. The van der Waals surface area contributed by atoms with Crippen LogP contribution in [0.1, 0.15) is 24.0 Å². The van der Waals surface area contributed by atoms with Gasteiger partial charge in [-0.2, -0.15) is 10.5 Å². The largest absolute Gasteiger partial charge is 0.490 e. The van der Waals surface area contributed by atoms with Gasteiger partial charge in [0.1, 0.15) is 40.9 Å². The van der Waals surface area contributed by atoms with E-state index in [4.69, 9.17) is 37.7 Å². The van der Waals surface area contributed by atoms with E-state index in [1.54, 1.807) is 12.1 Å². The van der Waals surface area contributed by atoms with Gasteiger partial charge in [0.2, 0.25) is 0 Å². The number of nitrogens with zero attached hydrogens (tertiary/aromatic N) is 4. The Balaban J connectivity index is 1.60. The summed E-state index contributed by atoms with van der Waals surface area (Å²) in [4.78, 5) is 9.13. The van der Waals surface area contributed by atoms with Crippen LogP contribution in [0.4, 0.5) is 5.82 Å². The van der Waals surface area contributed by atoms with Gasteiger partial charge in [-0.15, -0.1) is 11.8 Å². The highest BCUT2D eigenvalue weighted by atomic mass is 32.2. The molecule has 1 N–H and O–H groups in total. The molecule has 1 aliphatic carbocycles. The second kappa shape index (κ2) is 10.7. The maximum Gasteiger partial charge on any atom is 0.146 e. The number of anilines is 1. The molecule has 1 saturated heterocycles. The standard InChI is InChI=1S/C22H20B3N5O3S/c23-22(24,25)33-6-5-32-15-3-4-18(28-9-15)19-16(7-26)20(29-14-1-2-14)30-21(17(19)8-27)34-12-13-10-31-11-13/h3-4,9,13-14H,1-2,5-6,10-12H2,(H,29,30). The molecule has 2 aliphatic rings. The highest BCUT2D eigenvalue weighted by molar-refractivity contribution is 7.99. The van der Waals surface area contributed by atoms with E-state index in [9.17, 15) is 10.5 Å². The third kappa shape index (κ3) is 6.27. The molecule has 8 nitrogen and oxygen atoms in total. The predicted octanol–water partition coefficient (Wildman–Crippen LogP) is 1.71. The van der Waals surface area contributed by atoms with Crippen LogP contribution in [0.2, 0.25) is 0 Å². The van der Waals surface area contributed by atoms with E-state index < -0.39 is 5.30 Å². The lowest BCUT2D eigenvalue weighted by molar-refractivity contribution is -0.0196. The molecule has 4 rings (SSSR count). The van der Waals surface area contributed by atoms with Gasteiger partial charge in [-0.1, -0.05) is 0 Å². The van der Waals surface area contributed by atoms with Crippen LogP contribution < -0.4 is 10.1 Å². The highest BCUT2D eigenvalue weighted by Gasteiger charge is 2.28. The molecule has 1 aliphatic heterocycles. The first kappa shape index (κ1) is 24.5. The molecular formula is C22H20B3N5O3S. The molecule has 2 fully saturated rings. The minimum Gasteiger partial charge on any atom is -0.490 e. The SMILES string of the molecule is [B]C([B])([B])OCCOc1ccc(-c2c(C#N)c(NC3CC3)nc(SCC3COC3)c2C#N)nc1. The second-order valence-electron chi connectivity index (χ2n) is 8.18. The van der Waals surface area contributed by atoms with Gasteiger partial charge >= 0.3 is 0 Å². The van der Waals surface area contributed by atoms with Crippen molar-refractivity contribution >= 4 is 41.1 Å². The molecule has 0 amide bonds. The Morgan fingerprint density at radius 1 is 1.15 bits per heavy atom. The van der Waals surface area contributed by atoms with Crippen molar-refractivity contribution in [1.29, 1.82) is 10.5 Å². The van der Waals surface area contributed by atoms with Crippen molar-refractivity contribution in [2.75, 3.05) is 37.5 Å². The molecule has 0 atom stereocenters. The fourth-order valence-corrected chi connectivity index (χ4v) is 4.27. The minimum atomic E-state index is -1.72. The Hall–Kier alpha value is -2.66. The lowest BCUT2D eigenvalue weighted by atomic mass is 9.52. The number of hydrogen-bond acceptors (Lipinski definition) is 9. The van der Waals surface area contributed by atoms with Gasteiger partial charge in [-0.3, -0.25) is 4.98 Å². The number of pyridine rings is 2. The van der Waals surface area contributed by atoms with E-state index in [-0.39, 0.29) is 13.2 Å². The van der Waals surface area contributed by atoms with E-state index in [1.165, 1.54) is 18.0 Å². The van der Waals surface area contributed by atoms with Crippen molar-refractivity contribution in [3.8, 4) is 29.1 Å². The summed E-state index contributed by atoms with van der Waals surface area (Å²) < 4.78 is 15.8. The first-order valence-corrected chi connectivity index (χ1v) is 11.8. The summed E-state index contributed by atoms with van der Waals surface area (Å²) in [5.41, 5.74) is 1.59. The predicted molar refractivity (Wildman–Crippen MR) is 130 cm³/mol. The Morgan fingerprint density at radius 3 is 2.47 bits per heavy atom.